The fourth-order valence-electron chi connectivity index (χ4n) is 1.86. The van der Waals surface area contributed by atoms with Crippen molar-refractivity contribution in [2.75, 3.05) is 18.5 Å². The Bertz CT molecular complexity index is 492. The van der Waals surface area contributed by atoms with Crippen LogP contribution in [-0.4, -0.2) is 31.3 Å². The van der Waals surface area contributed by atoms with Crippen LogP contribution in [0.2, 0.25) is 0 Å². The fraction of sp³-hybridized carbons (Fsp3) is 0.385. The van der Waals surface area contributed by atoms with Gasteiger partial charge in [-0.05, 0) is 31.2 Å². The van der Waals surface area contributed by atoms with Crippen molar-refractivity contribution in [2.45, 2.75) is 13.2 Å². The first-order valence-electron chi connectivity index (χ1n) is 6.32. The summed E-state index contributed by atoms with van der Waals surface area (Å²) in [6.07, 6.45) is -0.515. The molecule has 1 aliphatic rings. The van der Waals surface area contributed by atoms with E-state index >= 15 is 0 Å². The minimum absolute atomic E-state index is 0.184. The zero-order valence-corrected chi connectivity index (χ0v) is 11.0. The van der Waals surface area contributed by atoms with Gasteiger partial charge in [-0.15, -0.1) is 0 Å². The van der Waals surface area contributed by atoms with Crippen molar-refractivity contribution >= 4 is 17.6 Å². The number of nitrogens with one attached hydrogen (secondary N) is 3. The van der Waals surface area contributed by atoms with Crippen LogP contribution in [0.1, 0.15) is 6.92 Å². The predicted octanol–water partition coefficient (Wildman–Crippen LogP) is 0.420. The summed E-state index contributed by atoms with van der Waals surface area (Å²) in [7, 11) is 0. The first-order chi connectivity index (χ1) is 9.60. The number of amides is 1. The average Bonchev–Trinajstić information content (AvgIpc) is 2.42. The van der Waals surface area contributed by atoms with Crippen LogP contribution in [0.5, 0.6) is 0 Å². The molecule has 0 bridgehead atoms. The van der Waals surface area contributed by atoms with E-state index in [1.807, 2.05) is 0 Å². The van der Waals surface area contributed by atoms with Crippen molar-refractivity contribution < 1.29 is 18.7 Å². The van der Waals surface area contributed by atoms with Gasteiger partial charge in [0.1, 0.15) is 11.7 Å². The van der Waals surface area contributed by atoms with Gasteiger partial charge >= 0.3 is 5.97 Å². The molecule has 7 heteroatoms. The summed E-state index contributed by atoms with van der Waals surface area (Å²) < 4.78 is 17.6. The van der Waals surface area contributed by atoms with Crippen molar-refractivity contribution in [1.29, 1.82) is 0 Å². The Balaban J connectivity index is 1.90. The van der Waals surface area contributed by atoms with Gasteiger partial charge in [0, 0.05) is 12.2 Å². The van der Waals surface area contributed by atoms with E-state index in [1.54, 1.807) is 19.1 Å². The van der Waals surface area contributed by atoms with Gasteiger partial charge in [0.05, 0.1) is 6.61 Å². The van der Waals surface area contributed by atoms with E-state index in [4.69, 9.17) is 4.74 Å². The van der Waals surface area contributed by atoms with Crippen LogP contribution in [0.3, 0.4) is 0 Å². The molecule has 0 radical (unpaired) electrons. The molecule has 0 spiro atoms. The fourth-order valence-corrected chi connectivity index (χ4v) is 1.86. The molecule has 20 heavy (non-hydrogen) atoms. The molecule has 1 aliphatic heterocycles. The van der Waals surface area contributed by atoms with E-state index < -0.39 is 24.1 Å². The number of ether oxygens (including phenoxy) is 1. The van der Waals surface area contributed by atoms with Crippen LogP contribution in [0.25, 0.3) is 0 Å². The lowest BCUT2D eigenvalue weighted by Crippen LogP contribution is -2.61. The quantitative estimate of drug-likeness (QED) is 0.550. The average molecular weight is 281 g/mol. The number of halogens is 1. The Kier molecular flexibility index (Phi) is 4.52. The van der Waals surface area contributed by atoms with Crippen LogP contribution in [0, 0.1) is 11.7 Å². The Hall–Kier alpha value is -2.15. The van der Waals surface area contributed by atoms with Crippen molar-refractivity contribution in [3.05, 3.63) is 30.1 Å². The second kappa shape index (κ2) is 6.33. The van der Waals surface area contributed by atoms with Gasteiger partial charge in [-0.3, -0.25) is 14.9 Å². The Morgan fingerprint density at radius 3 is 2.75 bits per heavy atom. The summed E-state index contributed by atoms with van der Waals surface area (Å²) in [5, 5.41) is 8.55. The maximum absolute atomic E-state index is 12.8. The summed E-state index contributed by atoms with van der Waals surface area (Å²) in [6, 6.07) is 5.74. The molecule has 1 saturated heterocycles. The summed E-state index contributed by atoms with van der Waals surface area (Å²) >= 11 is 0. The summed E-state index contributed by atoms with van der Waals surface area (Å²) in [5.41, 5.74) is 0.652. The predicted molar refractivity (Wildman–Crippen MR) is 70.1 cm³/mol. The smallest absolute Gasteiger partial charge is 0.319 e. The highest BCUT2D eigenvalue weighted by Crippen LogP contribution is 2.11. The Labute approximate surface area is 115 Å². The molecule has 3 N–H and O–H groups in total. The van der Waals surface area contributed by atoms with Gasteiger partial charge < -0.3 is 15.4 Å². The maximum Gasteiger partial charge on any atom is 0.319 e. The highest BCUT2D eigenvalue weighted by Gasteiger charge is 2.33. The van der Waals surface area contributed by atoms with E-state index in [0.717, 1.165) is 0 Å². The second-order valence-electron chi connectivity index (χ2n) is 4.31. The molecule has 6 nitrogen and oxygen atoms in total. The summed E-state index contributed by atoms with van der Waals surface area (Å²) in [5.74, 6) is -2.13. The van der Waals surface area contributed by atoms with E-state index in [2.05, 4.69) is 16.0 Å². The molecule has 1 fully saturated rings. The molecule has 0 aliphatic carbocycles. The van der Waals surface area contributed by atoms with Gasteiger partial charge in [0.25, 0.3) is 0 Å². The number of carbonyl (C=O) groups excluding carboxylic acids is 2. The highest BCUT2D eigenvalue weighted by atomic mass is 19.1. The topological polar surface area (TPSA) is 79.5 Å². The Morgan fingerprint density at radius 1 is 1.45 bits per heavy atom. The number of hydrogen-bond acceptors (Lipinski definition) is 5. The monoisotopic (exact) mass is 281 g/mol. The molecule has 1 aromatic carbocycles. The van der Waals surface area contributed by atoms with Crippen LogP contribution >= 0.6 is 0 Å². The first kappa shape index (κ1) is 14.3. The van der Waals surface area contributed by atoms with Gasteiger partial charge in [-0.1, -0.05) is 0 Å². The zero-order chi connectivity index (χ0) is 14.5. The molecular formula is C13H16FN3O3. The van der Waals surface area contributed by atoms with E-state index in [-0.39, 0.29) is 19.0 Å². The van der Waals surface area contributed by atoms with Crippen molar-refractivity contribution in [2.24, 2.45) is 5.92 Å². The zero-order valence-electron chi connectivity index (χ0n) is 11.0. The number of esters is 1. The molecule has 2 unspecified atom stereocenters. The van der Waals surface area contributed by atoms with E-state index in [0.29, 0.717) is 5.69 Å². The van der Waals surface area contributed by atoms with Crippen molar-refractivity contribution in [3.63, 3.8) is 0 Å². The van der Waals surface area contributed by atoms with Gasteiger partial charge in [-0.2, -0.15) is 0 Å². The number of hydrogen-bond donors (Lipinski definition) is 3. The third-order valence-corrected chi connectivity index (χ3v) is 2.86. The molecular weight excluding hydrogens is 265 g/mol. The highest BCUT2D eigenvalue weighted by molar-refractivity contribution is 5.98. The molecule has 2 atom stereocenters. The number of anilines is 1. The van der Waals surface area contributed by atoms with Crippen LogP contribution in [0.15, 0.2) is 24.3 Å². The van der Waals surface area contributed by atoms with Crippen molar-refractivity contribution in [3.8, 4) is 0 Å². The lowest BCUT2D eigenvalue weighted by molar-refractivity contribution is -0.153. The minimum Gasteiger partial charge on any atom is -0.465 e. The van der Waals surface area contributed by atoms with Gasteiger partial charge in [-0.25, -0.2) is 4.39 Å². The molecule has 2 rings (SSSR count). The number of rotatable bonds is 4. The number of benzene rings is 1. The third-order valence-electron chi connectivity index (χ3n) is 2.86. The maximum atomic E-state index is 12.8. The third kappa shape index (κ3) is 3.45. The van der Waals surface area contributed by atoms with Crippen LogP contribution in [-0.2, 0) is 14.3 Å². The van der Waals surface area contributed by atoms with Gasteiger partial charge in [0.2, 0.25) is 5.91 Å². The molecule has 0 saturated carbocycles. The van der Waals surface area contributed by atoms with Crippen molar-refractivity contribution in [1.82, 2.24) is 10.6 Å². The summed E-state index contributed by atoms with van der Waals surface area (Å²) in [4.78, 5) is 23.3. The van der Waals surface area contributed by atoms with E-state index in [9.17, 15) is 14.0 Å². The summed E-state index contributed by atoms with van der Waals surface area (Å²) in [6.45, 7) is 2.11. The standard InChI is InChI=1S/C13H16FN3O3/c1-2-20-12(19)10-7-15-13(17-11(10)18)16-9-5-3-8(14)4-6-9/h3-6,10,13,15-16H,2,7H2,1H3,(H,17,18). The van der Waals surface area contributed by atoms with E-state index in [1.165, 1.54) is 12.1 Å². The van der Waals surface area contributed by atoms with Crippen LogP contribution < -0.4 is 16.0 Å². The minimum atomic E-state index is -0.846. The van der Waals surface area contributed by atoms with Gasteiger partial charge in [0.15, 0.2) is 6.29 Å². The largest absolute Gasteiger partial charge is 0.465 e. The lowest BCUT2D eigenvalue weighted by atomic mass is 10.1. The Morgan fingerprint density at radius 2 is 2.15 bits per heavy atom. The molecule has 1 amide bonds. The van der Waals surface area contributed by atoms with Crippen LogP contribution in [0.4, 0.5) is 10.1 Å². The normalized spacial score (nSPS) is 22.0. The molecule has 0 aromatic heterocycles. The molecule has 1 aromatic rings. The lowest BCUT2D eigenvalue weighted by Gasteiger charge is -2.30. The SMILES string of the molecule is CCOC(=O)C1CNC(Nc2ccc(F)cc2)NC1=O. The molecule has 108 valence electrons. The second-order valence-corrected chi connectivity index (χ2v) is 4.31. The first-order valence-corrected chi connectivity index (χ1v) is 6.32. The number of carbonyl (C=O) groups is 2. The molecule has 1 heterocycles.